The summed E-state index contributed by atoms with van der Waals surface area (Å²) in [5.74, 6) is -1.18. The maximum absolute atomic E-state index is 14.5. The summed E-state index contributed by atoms with van der Waals surface area (Å²) in [5, 5.41) is 0. The Bertz CT molecular complexity index is 1120. The van der Waals surface area contributed by atoms with E-state index >= 15 is 0 Å². The highest BCUT2D eigenvalue weighted by atomic mass is 16.2. The monoisotopic (exact) mass is 477 g/mol. The van der Waals surface area contributed by atoms with E-state index in [0.717, 1.165) is 25.7 Å². The van der Waals surface area contributed by atoms with E-state index in [1.54, 1.807) is 14.2 Å². The molecule has 0 aromatic rings. The van der Waals surface area contributed by atoms with Crippen LogP contribution in [-0.2, 0) is 24.0 Å². The Labute approximate surface area is 207 Å². The Morgan fingerprint density at radius 3 is 1.77 bits per heavy atom. The molecule has 4 bridgehead atoms. The zero-order valence-corrected chi connectivity index (χ0v) is 21.1. The highest BCUT2D eigenvalue weighted by Crippen LogP contribution is 2.75. The van der Waals surface area contributed by atoms with E-state index < -0.39 is 16.4 Å². The van der Waals surface area contributed by atoms with Gasteiger partial charge in [0.2, 0.25) is 23.6 Å². The lowest BCUT2D eigenvalue weighted by atomic mass is 9.58. The number of ketones is 1. The Morgan fingerprint density at radius 1 is 0.800 bits per heavy atom. The van der Waals surface area contributed by atoms with E-state index in [1.807, 2.05) is 20.8 Å². The van der Waals surface area contributed by atoms with Crippen LogP contribution in [0.25, 0.3) is 0 Å². The fourth-order valence-electron chi connectivity index (χ4n) is 10.6. The second kappa shape index (κ2) is 6.47. The lowest BCUT2D eigenvalue weighted by Crippen LogP contribution is -2.49. The van der Waals surface area contributed by atoms with Crippen molar-refractivity contribution >= 4 is 36.8 Å². The van der Waals surface area contributed by atoms with Gasteiger partial charge in [0.25, 0.3) is 7.41 Å². The third-order valence-corrected chi connectivity index (χ3v) is 12.1. The van der Waals surface area contributed by atoms with E-state index in [0.29, 0.717) is 19.3 Å². The van der Waals surface area contributed by atoms with E-state index in [4.69, 9.17) is 0 Å². The van der Waals surface area contributed by atoms with Crippen molar-refractivity contribution in [1.82, 2.24) is 9.71 Å². The molecule has 7 aliphatic rings. The normalized spacial score (nSPS) is 49.5. The standard InChI is InChI=1S/C27H34BN2O5/c1-5-25(2,3)29-20(31)16-12-8-14(18(16)21(29)32)26(10-12)6-7-27(24(26)35)11-13-9-15(27)19-17(13)22(33)30(28-4)23(19)34/h12-19H,5-11H2,1-4H3/t12-,13-,14-,15-,16?,17?,18?,19?,26-,27?/m1/s1. The van der Waals surface area contributed by atoms with E-state index in [9.17, 15) is 24.0 Å². The van der Waals surface area contributed by atoms with Gasteiger partial charge in [-0.15, -0.1) is 0 Å². The minimum absolute atomic E-state index is 0.0249. The lowest BCUT2D eigenvalue weighted by molar-refractivity contribution is -0.147. The van der Waals surface area contributed by atoms with Crippen LogP contribution in [0.2, 0.25) is 6.82 Å². The molecule has 35 heavy (non-hydrogen) atoms. The van der Waals surface area contributed by atoms with Crippen molar-refractivity contribution in [2.45, 2.75) is 78.1 Å². The van der Waals surface area contributed by atoms with Gasteiger partial charge in [-0.2, -0.15) is 0 Å². The highest BCUT2D eigenvalue weighted by Gasteiger charge is 2.78. The average Bonchev–Trinajstić information content (AvgIpc) is 3.65. The van der Waals surface area contributed by atoms with Gasteiger partial charge in [0.15, 0.2) is 0 Å². The smallest absolute Gasteiger partial charge is 0.256 e. The third kappa shape index (κ3) is 2.22. The molecule has 0 aromatic heterocycles. The predicted molar refractivity (Wildman–Crippen MR) is 125 cm³/mol. The van der Waals surface area contributed by atoms with E-state index in [2.05, 4.69) is 0 Å². The first-order chi connectivity index (χ1) is 16.5. The maximum Gasteiger partial charge on any atom is 0.256 e. The maximum atomic E-state index is 14.5. The summed E-state index contributed by atoms with van der Waals surface area (Å²) in [6, 6.07) is 0. The van der Waals surface area contributed by atoms with Crippen molar-refractivity contribution in [3.8, 4) is 0 Å². The highest BCUT2D eigenvalue weighted by molar-refractivity contribution is 6.43. The number of likely N-dealkylation sites (tertiary alicyclic amines) is 1. The van der Waals surface area contributed by atoms with Gasteiger partial charge >= 0.3 is 0 Å². The number of fused-ring (bicyclic) bond motifs is 12. The molecule has 7 nitrogen and oxygen atoms in total. The summed E-state index contributed by atoms with van der Waals surface area (Å²) >= 11 is 0. The van der Waals surface area contributed by atoms with Crippen molar-refractivity contribution in [1.29, 1.82) is 0 Å². The number of Topliss-reactive ketones (excluding diaryl/α,β-unsaturated/α-hetero) is 1. The molecule has 0 aromatic carbocycles. The van der Waals surface area contributed by atoms with E-state index in [1.165, 1.54) is 9.71 Å². The predicted octanol–water partition coefficient (Wildman–Crippen LogP) is 2.46. The SMILES string of the molecule is C[B]N1C(=O)C2C(C1=O)[C@H]1C[C@@H]2CC12CC[C@]1(C[C@H]3C[C@@H]1C1C(=O)N(C(C)(C)CC)C(=O)C13)C2=O. The molecule has 10 atom stereocenters. The number of carbonyl (C=O) groups is 5. The molecule has 0 N–H and O–H groups in total. The topological polar surface area (TPSA) is 91.8 Å². The minimum Gasteiger partial charge on any atom is -0.334 e. The number of carbonyl (C=O) groups excluding carboxylic acids is 5. The van der Waals surface area contributed by atoms with Gasteiger partial charge in [-0.1, -0.05) is 13.7 Å². The third-order valence-electron chi connectivity index (χ3n) is 12.1. The molecular weight excluding hydrogens is 443 g/mol. The molecular formula is C27H34BN2O5. The van der Waals surface area contributed by atoms with Crippen LogP contribution in [-0.4, -0.2) is 52.1 Å². The molecule has 2 aliphatic heterocycles. The molecule has 2 spiro atoms. The summed E-state index contributed by atoms with van der Waals surface area (Å²) in [5.41, 5.74) is -1.57. The minimum atomic E-state index is -0.531. The van der Waals surface area contributed by atoms with Crippen LogP contribution in [0.5, 0.6) is 0 Å². The zero-order valence-electron chi connectivity index (χ0n) is 21.1. The fraction of sp³-hybridized carbons (Fsp3) is 0.815. The molecule has 4 amide bonds. The number of imide groups is 2. The van der Waals surface area contributed by atoms with Gasteiger partial charge in [-0.25, -0.2) is 0 Å². The first kappa shape index (κ1) is 22.2. The van der Waals surface area contributed by atoms with Gasteiger partial charge < -0.3 is 4.81 Å². The first-order valence-electron chi connectivity index (χ1n) is 13.6. The second-order valence-electron chi connectivity index (χ2n) is 13.3. The summed E-state index contributed by atoms with van der Waals surface area (Å²) in [6.07, 6.45) is 5.25. The number of rotatable bonds is 3. The molecule has 8 heteroatoms. The number of hydrogen-bond acceptors (Lipinski definition) is 5. The molecule has 185 valence electrons. The molecule has 2 saturated heterocycles. The Hall–Kier alpha value is -1.99. The Kier molecular flexibility index (Phi) is 4.11. The summed E-state index contributed by atoms with van der Waals surface area (Å²) in [7, 11) is 1.58. The molecule has 5 unspecified atom stereocenters. The van der Waals surface area contributed by atoms with Crippen molar-refractivity contribution < 1.29 is 24.0 Å². The molecule has 7 rings (SSSR count). The van der Waals surface area contributed by atoms with Crippen molar-refractivity contribution in [3.05, 3.63) is 0 Å². The Morgan fingerprint density at radius 2 is 1.26 bits per heavy atom. The van der Waals surface area contributed by atoms with Crippen LogP contribution in [0.3, 0.4) is 0 Å². The van der Waals surface area contributed by atoms with Gasteiger partial charge in [0, 0.05) is 16.4 Å². The summed E-state index contributed by atoms with van der Waals surface area (Å²) in [4.78, 5) is 70.5. The van der Waals surface area contributed by atoms with Crippen LogP contribution in [0.4, 0.5) is 0 Å². The van der Waals surface area contributed by atoms with E-state index in [-0.39, 0.29) is 76.8 Å². The van der Waals surface area contributed by atoms with Crippen molar-refractivity contribution in [2.75, 3.05) is 0 Å². The van der Waals surface area contributed by atoms with Gasteiger partial charge in [-0.05, 0) is 82.5 Å². The number of amides is 4. The molecule has 5 aliphatic carbocycles. The van der Waals surface area contributed by atoms with Gasteiger partial charge in [0.05, 0.1) is 23.7 Å². The fourth-order valence-corrected chi connectivity index (χ4v) is 10.6. The number of nitrogens with zero attached hydrogens (tertiary/aromatic N) is 2. The lowest BCUT2D eigenvalue weighted by Gasteiger charge is -2.42. The largest absolute Gasteiger partial charge is 0.334 e. The number of hydrogen-bond donors (Lipinski definition) is 0. The van der Waals surface area contributed by atoms with Crippen LogP contribution < -0.4 is 0 Å². The summed E-state index contributed by atoms with van der Waals surface area (Å²) < 4.78 is 0. The molecule has 2 heterocycles. The first-order valence-corrected chi connectivity index (χ1v) is 13.6. The van der Waals surface area contributed by atoms with Crippen LogP contribution in [0, 0.1) is 58.2 Å². The van der Waals surface area contributed by atoms with Gasteiger partial charge in [0.1, 0.15) is 5.78 Å². The van der Waals surface area contributed by atoms with Crippen LogP contribution in [0.1, 0.15) is 65.7 Å². The Balaban J connectivity index is 1.22. The molecule has 7 fully saturated rings. The molecule has 5 saturated carbocycles. The molecule has 1 radical (unpaired) electrons. The van der Waals surface area contributed by atoms with Crippen LogP contribution in [0.15, 0.2) is 0 Å². The quantitative estimate of drug-likeness (QED) is 0.460. The van der Waals surface area contributed by atoms with Crippen molar-refractivity contribution in [2.24, 2.45) is 58.2 Å². The second-order valence-corrected chi connectivity index (χ2v) is 13.3. The van der Waals surface area contributed by atoms with Crippen molar-refractivity contribution in [3.63, 3.8) is 0 Å². The van der Waals surface area contributed by atoms with Gasteiger partial charge in [-0.3, -0.25) is 28.9 Å². The average molecular weight is 477 g/mol. The van der Waals surface area contributed by atoms with Crippen LogP contribution >= 0.6 is 0 Å². The zero-order chi connectivity index (χ0) is 24.8. The summed E-state index contributed by atoms with van der Waals surface area (Å²) in [6.45, 7) is 7.64.